The first kappa shape index (κ1) is 42.2. The highest BCUT2D eigenvalue weighted by Gasteiger charge is 2.27. The van der Waals surface area contributed by atoms with Crippen LogP contribution in [-0.2, 0) is 17.5 Å². The number of ether oxygens (including phenoxy) is 1. The van der Waals surface area contributed by atoms with Gasteiger partial charge < -0.3 is 14.2 Å². The molecule has 0 aliphatic carbocycles. The van der Waals surface area contributed by atoms with Gasteiger partial charge in [0.2, 0.25) is 0 Å². The van der Waals surface area contributed by atoms with Gasteiger partial charge in [-0.25, -0.2) is 9.97 Å². The van der Waals surface area contributed by atoms with Gasteiger partial charge in [-0.2, -0.15) is 0 Å². The lowest BCUT2D eigenvalue weighted by atomic mass is 9.82. The van der Waals surface area contributed by atoms with E-state index in [4.69, 9.17) is 14.7 Å². The van der Waals surface area contributed by atoms with Crippen molar-refractivity contribution in [3.8, 4) is 28.4 Å². The second kappa shape index (κ2) is 16.3. The van der Waals surface area contributed by atoms with Crippen molar-refractivity contribution in [1.82, 2.24) is 19.1 Å². The molecule has 6 nitrogen and oxygen atoms in total. The van der Waals surface area contributed by atoms with Gasteiger partial charge in [0.05, 0.1) is 27.8 Å². The quantitative estimate of drug-likeness (QED) is 0.167. The van der Waals surface area contributed by atoms with Crippen LogP contribution >= 0.6 is 0 Å². The predicted octanol–water partition coefficient (Wildman–Crippen LogP) is 17.4. The van der Waals surface area contributed by atoms with Crippen molar-refractivity contribution in [2.75, 3.05) is 4.90 Å². The average Bonchev–Trinajstić information content (AvgIpc) is 3.92. The fraction of sp³-hybridized carbons (Fsp3) is 0.188. The monoisotopic (exact) mass is 912 g/mol. The molecule has 0 fully saturated rings. The topological polar surface area (TPSA) is 48.1 Å². The molecule has 0 radical (unpaired) electrons. The van der Waals surface area contributed by atoms with E-state index in [9.17, 15) is 1.37 Å². The van der Waals surface area contributed by atoms with Crippen molar-refractivity contribution >= 4 is 76.7 Å². The molecule has 0 atom stereocenters. The number of hydrogen-bond acceptors (Lipinski definition) is 4. The number of aromatic nitrogens is 4. The molecule has 1 aliphatic heterocycles. The number of benzene rings is 7. The van der Waals surface area contributed by atoms with E-state index in [1.54, 1.807) is 0 Å². The van der Waals surface area contributed by atoms with Crippen LogP contribution in [0.3, 0.4) is 0 Å². The maximum atomic E-state index is 9.27. The van der Waals surface area contributed by atoms with E-state index in [2.05, 4.69) is 219 Å². The lowest BCUT2D eigenvalue weighted by molar-refractivity contribution is 0.482. The molecular formula is C64H57N5O. The van der Waals surface area contributed by atoms with Crippen LogP contribution < -0.4 is 9.64 Å². The number of pyridine rings is 2. The average molecular weight is 913 g/mol. The van der Waals surface area contributed by atoms with Gasteiger partial charge in [-0.05, 0) is 103 Å². The summed E-state index contributed by atoms with van der Waals surface area (Å²) < 4.78 is 20.9. The molecular weight excluding hydrogens is 855 g/mol. The first-order chi connectivity index (χ1) is 34.1. The minimum absolute atomic E-state index is 0.0305. The summed E-state index contributed by atoms with van der Waals surface area (Å²) in [6, 6.07) is 61.1. The van der Waals surface area contributed by atoms with Gasteiger partial charge in [0.15, 0.2) is 0 Å². The third-order valence-corrected chi connectivity index (χ3v) is 14.3. The Morgan fingerprint density at radius 2 is 1.09 bits per heavy atom. The van der Waals surface area contributed by atoms with Crippen molar-refractivity contribution in [2.45, 2.75) is 78.8 Å². The van der Waals surface area contributed by atoms with E-state index in [0.717, 1.165) is 83.4 Å². The van der Waals surface area contributed by atoms with Crippen LogP contribution in [0.25, 0.3) is 82.1 Å². The van der Waals surface area contributed by atoms with Crippen molar-refractivity contribution in [3.05, 3.63) is 199 Å². The van der Waals surface area contributed by atoms with E-state index in [0.29, 0.717) is 12.4 Å². The summed E-state index contributed by atoms with van der Waals surface area (Å²) in [4.78, 5) is 12.3. The molecule has 4 aromatic heterocycles. The Hall–Kier alpha value is -7.96. The van der Waals surface area contributed by atoms with E-state index in [1.807, 2.05) is 32.3 Å². The van der Waals surface area contributed by atoms with Gasteiger partial charge in [0.25, 0.3) is 0 Å². The summed E-state index contributed by atoms with van der Waals surface area (Å²) in [6.45, 7) is 18.0. The number of fused-ring (bicyclic) bond motifs is 10. The minimum atomic E-state index is -0.798. The van der Waals surface area contributed by atoms with Crippen LogP contribution in [-0.4, -0.2) is 19.1 Å². The molecule has 70 heavy (non-hydrogen) atoms. The molecule has 0 bridgehead atoms. The second-order valence-electron chi connectivity index (χ2n) is 21.1. The molecule has 0 spiro atoms. The third-order valence-electron chi connectivity index (χ3n) is 14.3. The Morgan fingerprint density at radius 3 is 1.79 bits per heavy atom. The van der Waals surface area contributed by atoms with Crippen molar-refractivity contribution in [2.24, 2.45) is 0 Å². The molecule has 12 rings (SSSR count). The third kappa shape index (κ3) is 7.24. The summed E-state index contributed by atoms with van der Waals surface area (Å²) in [5.41, 5.74) is 10.9. The molecule has 0 N–H and O–H groups in total. The first-order valence-corrected chi connectivity index (χ1v) is 24.4. The molecule has 6 heteroatoms. The maximum Gasteiger partial charge on any atom is 0.138 e. The molecule has 0 saturated heterocycles. The lowest BCUT2D eigenvalue weighted by Crippen LogP contribution is -2.16. The summed E-state index contributed by atoms with van der Waals surface area (Å²) >= 11 is 0. The Bertz CT molecular complexity index is 4000. The zero-order valence-electron chi connectivity index (χ0n) is 42.2. The Balaban J connectivity index is 1.06. The largest absolute Gasteiger partial charge is 0.457 e. The van der Waals surface area contributed by atoms with E-state index in [-0.39, 0.29) is 10.8 Å². The Kier molecular flexibility index (Phi) is 9.84. The van der Waals surface area contributed by atoms with Crippen LogP contribution in [0, 0.1) is 0 Å². The van der Waals surface area contributed by atoms with E-state index >= 15 is 0 Å². The molecule has 11 aromatic rings. The Labute approximate surface area is 411 Å². The fourth-order valence-corrected chi connectivity index (χ4v) is 10.6. The zero-order valence-corrected chi connectivity index (χ0v) is 41.2. The van der Waals surface area contributed by atoms with Crippen LogP contribution in [0.4, 0.5) is 11.5 Å². The number of para-hydroxylation sites is 3. The SMILES string of the molecule is [2H]C(C)(C)c1cc(-c2cccc3c4ccccc4c4ccccc4c4cccc5c4n(c23)CN5c2cc(Oc3ccc4c5ccccc5n(-c5cc(C(C)(C)C)ccn5)c4c3)ccn2)cc(C(C)(C)C)c1. The maximum absolute atomic E-state index is 9.27. The number of anilines is 2. The lowest BCUT2D eigenvalue weighted by Gasteiger charge is -2.23. The van der Waals surface area contributed by atoms with Crippen LogP contribution in [0.1, 0.15) is 79.3 Å². The molecule has 344 valence electrons. The van der Waals surface area contributed by atoms with Crippen LogP contribution in [0.2, 0.25) is 0 Å². The summed E-state index contributed by atoms with van der Waals surface area (Å²) in [6.07, 6.45) is 3.77. The summed E-state index contributed by atoms with van der Waals surface area (Å²) in [5.74, 6) is 2.27. The zero-order chi connectivity index (χ0) is 49.0. The molecule has 0 amide bonds. The normalized spacial score (nSPS) is 13.3. The van der Waals surface area contributed by atoms with Gasteiger partial charge in [-0.1, -0.05) is 171 Å². The molecule has 0 unspecified atom stereocenters. The van der Waals surface area contributed by atoms with Crippen molar-refractivity contribution in [3.63, 3.8) is 0 Å². The van der Waals surface area contributed by atoms with Crippen LogP contribution in [0.15, 0.2) is 182 Å². The van der Waals surface area contributed by atoms with Crippen molar-refractivity contribution in [1.29, 1.82) is 0 Å². The van der Waals surface area contributed by atoms with E-state index < -0.39 is 5.89 Å². The van der Waals surface area contributed by atoms with Gasteiger partial charge in [0, 0.05) is 53.0 Å². The molecule has 5 heterocycles. The molecule has 1 aliphatic rings. The molecule has 0 saturated carbocycles. The van der Waals surface area contributed by atoms with Gasteiger partial charge in [0.1, 0.15) is 29.8 Å². The van der Waals surface area contributed by atoms with Crippen molar-refractivity contribution < 1.29 is 6.11 Å². The van der Waals surface area contributed by atoms with E-state index in [1.165, 1.54) is 32.7 Å². The predicted molar refractivity (Wildman–Crippen MR) is 294 cm³/mol. The van der Waals surface area contributed by atoms with Gasteiger partial charge in [-0.15, -0.1) is 0 Å². The highest BCUT2D eigenvalue weighted by Crippen LogP contribution is 2.45. The smallest absolute Gasteiger partial charge is 0.138 e. The summed E-state index contributed by atoms with van der Waals surface area (Å²) in [7, 11) is 0. The highest BCUT2D eigenvalue weighted by molar-refractivity contribution is 6.22. The molecule has 7 aromatic carbocycles. The first-order valence-electron chi connectivity index (χ1n) is 24.9. The number of nitrogens with zero attached hydrogens (tertiary/aromatic N) is 5. The van der Waals surface area contributed by atoms with Crippen LogP contribution in [0.5, 0.6) is 11.5 Å². The summed E-state index contributed by atoms with van der Waals surface area (Å²) in [5, 5.41) is 9.30. The number of hydrogen-bond donors (Lipinski definition) is 0. The highest BCUT2D eigenvalue weighted by atomic mass is 16.5. The second-order valence-corrected chi connectivity index (χ2v) is 21.1. The number of rotatable bonds is 6. The standard InChI is InChI=1S/C64H57N5O/c1-40(2)41-33-42(35-44(34-41)64(6,7)8)47-22-15-23-54-50-19-11-9-17-48(50)49-18-10-12-20-51(49)55-24-16-26-57-62(55)68(61(47)54)39-67(57)59-38-46(30-32-65-59)70-45-27-28-53-52-21-13-14-25-56(52)69(58(53)37-45)60-36-43(29-31-66-60)63(3,4)5/h9-38,40H,39H2,1-8H3/i40D. The minimum Gasteiger partial charge on any atom is -0.457 e. The Morgan fingerprint density at radius 1 is 0.500 bits per heavy atom. The van der Waals surface area contributed by atoms with Gasteiger partial charge in [-0.3, -0.25) is 4.57 Å². The van der Waals surface area contributed by atoms with Gasteiger partial charge >= 0.3 is 0 Å². The fourth-order valence-electron chi connectivity index (χ4n) is 10.6.